The minimum atomic E-state index is -4.45. The largest absolute Gasteiger partial charge is 0.465 e. The van der Waals surface area contributed by atoms with Gasteiger partial charge in [-0.25, -0.2) is 9.78 Å². The second-order valence-electron chi connectivity index (χ2n) is 10.2. The third kappa shape index (κ3) is 5.14. The summed E-state index contributed by atoms with van der Waals surface area (Å²) in [5, 5.41) is 9.30. The first-order chi connectivity index (χ1) is 15.9. The molecule has 2 aliphatic heterocycles. The van der Waals surface area contributed by atoms with E-state index >= 15 is 0 Å². The number of nitrogens with zero attached hydrogens (tertiary/aromatic N) is 2. The summed E-state index contributed by atoms with van der Waals surface area (Å²) in [6, 6.07) is 9.64. The van der Waals surface area contributed by atoms with E-state index < -0.39 is 17.8 Å². The van der Waals surface area contributed by atoms with Crippen molar-refractivity contribution in [2.75, 3.05) is 13.1 Å². The van der Waals surface area contributed by atoms with Crippen LogP contribution >= 0.6 is 0 Å². The van der Waals surface area contributed by atoms with Crippen LogP contribution in [0.15, 0.2) is 42.6 Å². The minimum Gasteiger partial charge on any atom is -0.465 e. The SMILES string of the molecule is CC(C)(C)C1OC2(CCN(C(=O)O)CC2)C[C@H]1c1cccc(Oc2ccc(C(F)(F)F)cn2)c1. The maximum absolute atomic E-state index is 12.8. The standard InChI is InChI=1S/C25H29F3N2O4/c1-23(2,3)21-19(14-24(34-21)9-11-30(12-10-24)22(31)32)16-5-4-6-18(13-16)33-20-8-7-17(15-29-20)25(26,27)28/h4-8,13,15,19,21H,9-12,14H2,1-3H3,(H,31,32)/t19-,21?/m0/s1. The number of ether oxygens (including phenoxy) is 2. The Labute approximate surface area is 196 Å². The molecule has 4 rings (SSSR count). The van der Waals surface area contributed by atoms with Crippen molar-refractivity contribution in [3.63, 3.8) is 0 Å². The molecule has 0 aliphatic carbocycles. The van der Waals surface area contributed by atoms with E-state index in [0.29, 0.717) is 31.7 Å². The number of benzene rings is 1. The molecule has 9 heteroatoms. The molecule has 3 heterocycles. The summed E-state index contributed by atoms with van der Waals surface area (Å²) in [6.07, 6.45) is -2.62. The number of hydrogen-bond donors (Lipinski definition) is 1. The van der Waals surface area contributed by atoms with Crippen LogP contribution < -0.4 is 4.74 Å². The van der Waals surface area contributed by atoms with Gasteiger partial charge in [-0.15, -0.1) is 0 Å². The Morgan fingerprint density at radius 1 is 1.18 bits per heavy atom. The monoisotopic (exact) mass is 478 g/mol. The van der Waals surface area contributed by atoms with Crippen LogP contribution in [0.4, 0.5) is 18.0 Å². The number of alkyl halides is 3. The van der Waals surface area contributed by atoms with Crippen LogP contribution in [0.5, 0.6) is 11.6 Å². The molecule has 1 aromatic carbocycles. The molecule has 2 aromatic rings. The summed E-state index contributed by atoms with van der Waals surface area (Å²) in [7, 11) is 0. The predicted molar refractivity (Wildman–Crippen MR) is 119 cm³/mol. The highest BCUT2D eigenvalue weighted by Crippen LogP contribution is 2.51. The third-order valence-corrected chi connectivity index (χ3v) is 6.71. The molecule has 1 amide bonds. The van der Waals surface area contributed by atoms with Crippen molar-refractivity contribution < 1.29 is 32.5 Å². The Bertz CT molecular complexity index is 1030. The normalized spacial score (nSPS) is 22.7. The Hall–Kier alpha value is -2.81. The first-order valence-electron chi connectivity index (χ1n) is 11.3. The number of amides is 1. The zero-order valence-corrected chi connectivity index (χ0v) is 19.4. The zero-order chi connectivity index (χ0) is 24.7. The lowest BCUT2D eigenvalue weighted by atomic mass is 9.75. The molecule has 0 saturated carbocycles. The number of likely N-dealkylation sites (tertiary alicyclic amines) is 1. The van der Waals surface area contributed by atoms with Gasteiger partial charge in [0, 0.05) is 31.3 Å². The smallest absolute Gasteiger partial charge is 0.417 e. The van der Waals surface area contributed by atoms with Crippen molar-refractivity contribution >= 4 is 6.09 Å². The van der Waals surface area contributed by atoms with Crippen LogP contribution in [0, 0.1) is 5.41 Å². The van der Waals surface area contributed by atoms with Crippen molar-refractivity contribution in [1.82, 2.24) is 9.88 Å². The van der Waals surface area contributed by atoms with Crippen molar-refractivity contribution in [3.05, 3.63) is 53.7 Å². The van der Waals surface area contributed by atoms with Gasteiger partial charge in [-0.1, -0.05) is 32.9 Å². The molecular weight excluding hydrogens is 449 g/mol. The number of piperidine rings is 1. The van der Waals surface area contributed by atoms with Gasteiger partial charge in [-0.05, 0) is 48.4 Å². The van der Waals surface area contributed by atoms with Crippen molar-refractivity contribution in [1.29, 1.82) is 0 Å². The van der Waals surface area contributed by atoms with Crippen molar-refractivity contribution in [2.45, 2.75) is 63.8 Å². The van der Waals surface area contributed by atoms with Gasteiger partial charge in [-0.3, -0.25) is 0 Å². The summed E-state index contributed by atoms with van der Waals surface area (Å²) < 4.78 is 50.8. The zero-order valence-electron chi connectivity index (χ0n) is 19.4. The van der Waals surface area contributed by atoms with Crippen LogP contribution in [-0.2, 0) is 10.9 Å². The fraction of sp³-hybridized carbons (Fsp3) is 0.520. The quantitative estimate of drug-likeness (QED) is 0.559. The second-order valence-corrected chi connectivity index (χ2v) is 10.2. The summed E-state index contributed by atoms with van der Waals surface area (Å²) in [5.74, 6) is 0.636. The molecule has 1 unspecified atom stereocenters. The molecule has 0 radical (unpaired) electrons. The van der Waals surface area contributed by atoms with E-state index in [2.05, 4.69) is 25.8 Å². The lowest BCUT2D eigenvalue weighted by molar-refractivity contribution is -0.137. The Morgan fingerprint density at radius 3 is 2.44 bits per heavy atom. The van der Waals surface area contributed by atoms with Gasteiger partial charge in [0.2, 0.25) is 5.88 Å². The molecule has 34 heavy (non-hydrogen) atoms. The van der Waals surface area contributed by atoms with E-state index in [1.54, 1.807) is 6.07 Å². The molecule has 2 aliphatic rings. The summed E-state index contributed by atoms with van der Waals surface area (Å²) >= 11 is 0. The van der Waals surface area contributed by atoms with E-state index in [9.17, 15) is 23.1 Å². The number of aromatic nitrogens is 1. The van der Waals surface area contributed by atoms with E-state index in [4.69, 9.17) is 9.47 Å². The van der Waals surface area contributed by atoms with Crippen LogP contribution in [0.2, 0.25) is 0 Å². The summed E-state index contributed by atoms with van der Waals surface area (Å²) in [6.45, 7) is 7.27. The second kappa shape index (κ2) is 8.76. The lowest BCUT2D eigenvalue weighted by Crippen LogP contribution is -2.46. The molecule has 184 valence electrons. The summed E-state index contributed by atoms with van der Waals surface area (Å²) in [4.78, 5) is 16.6. The van der Waals surface area contributed by atoms with Crippen LogP contribution in [0.3, 0.4) is 0 Å². The molecule has 6 nitrogen and oxygen atoms in total. The van der Waals surface area contributed by atoms with Crippen LogP contribution in [0.25, 0.3) is 0 Å². The first kappa shape index (κ1) is 24.3. The predicted octanol–water partition coefficient (Wildman–Crippen LogP) is 6.32. The van der Waals surface area contributed by atoms with Crippen molar-refractivity contribution in [2.24, 2.45) is 5.41 Å². The fourth-order valence-corrected chi connectivity index (χ4v) is 4.95. The van der Waals surface area contributed by atoms with Crippen LogP contribution in [-0.4, -0.2) is 45.9 Å². The van der Waals surface area contributed by atoms with E-state index in [-0.39, 0.29) is 28.9 Å². The molecular formula is C25H29F3N2O4. The first-order valence-corrected chi connectivity index (χ1v) is 11.3. The number of halogens is 3. The average molecular weight is 479 g/mol. The third-order valence-electron chi connectivity index (χ3n) is 6.71. The molecule has 2 fully saturated rings. The fourth-order valence-electron chi connectivity index (χ4n) is 4.95. The number of carboxylic acid groups (broad SMARTS) is 1. The topological polar surface area (TPSA) is 71.9 Å². The molecule has 0 bridgehead atoms. The average Bonchev–Trinajstić information content (AvgIpc) is 3.14. The number of rotatable bonds is 3. The lowest BCUT2D eigenvalue weighted by Gasteiger charge is -2.39. The van der Waals surface area contributed by atoms with E-state index in [1.807, 2.05) is 18.2 Å². The van der Waals surface area contributed by atoms with E-state index in [1.165, 1.54) is 11.0 Å². The van der Waals surface area contributed by atoms with Crippen LogP contribution in [0.1, 0.15) is 57.1 Å². The van der Waals surface area contributed by atoms with Gasteiger partial charge in [0.15, 0.2) is 0 Å². The van der Waals surface area contributed by atoms with Gasteiger partial charge in [0.25, 0.3) is 0 Å². The molecule has 2 saturated heterocycles. The highest BCUT2D eigenvalue weighted by atomic mass is 19.4. The maximum atomic E-state index is 12.8. The number of pyridine rings is 1. The van der Waals surface area contributed by atoms with Gasteiger partial charge in [0.1, 0.15) is 5.75 Å². The Balaban J connectivity index is 1.54. The van der Waals surface area contributed by atoms with Gasteiger partial charge in [-0.2, -0.15) is 13.2 Å². The van der Waals surface area contributed by atoms with Gasteiger partial charge >= 0.3 is 12.3 Å². The molecule has 2 atom stereocenters. The maximum Gasteiger partial charge on any atom is 0.417 e. The van der Waals surface area contributed by atoms with Gasteiger partial charge in [0.05, 0.1) is 17.3 Å². The highest BCUT2D eigenvalue weighted by Gasteiger charge is 2.52. The minimum absolute atomic E-state index is 0.0699. The van der Waals surface area contributed by atoms with Crippen molar-refractivity contribution in [3.8, 4) is 11.6 Å². The summed E-state index contributed by atoms with van der Waals surface area (Å²) in [5.41, 5.74) is -0.337. The highest BCUT2D eigenvalue weighted by molar-refractivity contribution is 5.65. The molecule has 1 aromatic heterocycles. The molecule has 1 spiro atoms. The van der Waals surface area contributed by atoms with E-state index in [0.717, 1.165) is 24.2 Å². The Morgan fingerprint density at radius 2 is 1.88 bits per heavy atom. The molecule has 1 N–H and O–H groups in total. The number of hydrogen-bond acceptors (Lipinski definition) is 4. The van der Waals surface area contributed by atoms with Gasteiger partial charge < -0.3 is 19.5 Å². The number of carbonyl (C=O) groups is 1. The Kier molecular flexibility index (Phi) is 6.27.